The molecule has 0 saturated carbocycles. The van der Waals surface area contributed by atoms with E-state index in [-0.39, 0.29) is 30.1 Å². The molecule has 0 radical (unpaired) electrons. The van der Waals surface area contributed by atoms with Gasteiger partial charge < -0.3 is 37.9 Å². The second-order valence-corrected chi connectivity index (χ2v) is 7.17. The summed E-state index contributed by atoms with van der Waals surface area (Å²) in [6.45, 7) is 2.82. The Morgan fingerprint density at radius 2 is 1.38 bits per heavy atom. The Hall–Kier alpha value is -0.950. The lowest BCUT2D eigenvalue weighted by atomic mass is 9.97. The summed E-state index contributed by atoms with van der Waals surface area (Å²) in [4.78, 5) is 0. The van der Waals surface area contributed by atoms with Gasteiger partial charge in [0.25, 0.3) is 0 Å². The molecule has 0 bridgehead atoms. The predicted octanol–water partition coefficient (Wildman–Crippen LogP) is 0.402. The molecule has 130 valence electrons. The Morgan fingerprint density at radius 3 is 1.79 bits per heavy atom. The van der Waals surface area contributed by atoms with Gasteiger partial charge in [0.15, 0.2) is 0 Å². The van der Waals surface area contributed by atoms with Crippen molar-refractivity contribution in [1.82, 2.24) is 0 Å². The molecule has 0 aliphatic carbocycles. The van der Waals surface area contributed by atoms with Crippen molar-refractivity contribution in [2.24, 2.45) is 0 Å². The molecule has 1 aliphatic rings. The fourth-order valence-electron chi connectivity index (χ4n) is 3.00. The number of ether oxygens (including phenoxy) is 2. The fraction of sp³-hybridized carbons (Fsp3) is 0.400. The zero-order valence-corrected chi connectivity index (χ0v) is 16.9. The first-order valence-corrected chi connectivity index (χ1v) is 8.17. The SMILES string of the molecule is C[C@H]([C@@H]1COC(c2ccccc2)(c2ccccc2)O1)[N+](C)(C)C.[I-]. The van der Waals surface area contributed by atoms with Crippen LogP contribution < -0.4 is 24.0 Å². The van der Waals surface area contributed by atoms with Crippen LogP contribution in [0.2, 0.25) is 0 Å². The topological polar surface area (TPSA) is 18.5 Å². The maximum Gasteiger partial charge on any atom is 0.223 e. The van der Waals surface area contributed by atoms with Crippen LogP contribution in [-0.4, -0.2) is 44.4 Å². The van der Waals surface area contributed by atoms with Crippen molar-refractivity contribution in [3.63, 3.8) is 0 Å². The third-order valence-electron chi connectivity index (χ3n) is 4.84. The Kier molecular flexibility index (Phi) is 6.07. The molecule has 0 aromatic heterocycles. The van der Waals surface area contributed by atoms with Crippen LogP contribution in [0.1, 0.15) is 18.1 Å². The maximum atomic E-state index is 6.57. The quantitative estimate of drug-likeness (QED) is 0.508. The van der Waals surface area contributed by atoms with Crippen LogP contribution in [0.5, 0.6) is 0 Å². The molecule has 0 spiro atoms. The first-order chi connectivity index (χ1) is 10.9. The highest BCUT2D eigenvalue weighted by molar-refractivity contribution is 5.34. The number of nitrogens with zero attached hydrogens (tertiary/aromatic N) is 1. The summed E-state index contributed by atoms with van der Waals surface area (Å²) in [5.74, 6) is -0.809. The summed E-state index contributed by atoms with van der Waals surface area (Å²) in [5, 5.41) is 0. The number of halogens is 1. The van der Waals surface area contributed by atoms with Gasteiger partial charge in [0, 0.05) is 11.1 Å². The summed E-state index contributed by atoms with van der Waals surface area (Å²) in [7, 11) is 6.58. The highest BCUT2D eigenvalue weighted by Crippen LogP contribution is 2.41. The average molecular weight is 439 g/mol. The highest BCUT2D eigenvalue weighted by Gasteiger charge is 2.48. The van der Waals surface area contributed by atoms with Crippen LogP contribution in [-0.2, 0) is 15.3 Å². The number of benzene rings is 2. The minimum atomic E-state index is -0.809. The Labute approximate surface area is 162 Å². The standard InChI is InChI=1S/C20H26NO2.HI/c1-16(21(2,3)4)19-15-22-20(23-19,17-11-7-5-8-12-17)18-13-9-6-10-14-18;/h5-14,16,19H,15H2,1-4H3;1H/q+1;/p-1/t16-,19+;/m1./s1. The van der Waals surface area contributed by atoms with E-state index in [1.807, 2.05) is 36.4 Å². The van der Waals surface area contributed by atoms with Gasteiger partial charge in [-0.1, -0.05) is 60.7 Å². The maximum absolute atomic E-state index is 6.57. The van der Waals surface area contributed by atoms with E-state index in [9.17, 15) is 0 Å². The largest absolute Gasteiger partial charge is 1.00 e. The third-order valence-corrected chi connectivity index (χ3v) is 4.84. The molecule has 24 heavy (non-hydrogen) atoms. The minimum absolute atomic E-state index is 0. The van der Waals surface area contributed by atoms with E-state index in [0.29, 0.717) is 12.6 Å². The molecule has 1 aliphatic heterocycles. The lowest BCUT2D eigenvalue weighted by molar-refractivity contribution is -0.897. The van der Waals surface area contributed by atoms with Gasteiger partial charge in [0.2, 0.25) is 5.79 Å². The van der Waals surface area contributed by atoms with Crippen molar-refractivity contribution in [2.75, 3.05) is 27.7 Å². The summed E-state index contributed by atoms with van der Waals surface area (Å²) in [5.41, 5.74) is 2.09. The van der Waals surface area contributed by atoms with E-state index in [2.05, 4.69) is 52.3 Å². The first-order valence-electron chi connectivity index (χ1n) is 8.17. The lowest BCUT2D eigenvalue weighted by Gasteiger charge is -2.36. The van der Waals surface area contributed by atoms with Gasteiger partial charge in [-0.25, -0.2) is 0 Å². The molecule has 0 amide bonds. The average Bonchev–Trinajstić information content (AvgIpc) is 3.01. The van der Waals surface area contributed by atoms with E-state index >= 15 is 0 Å². The van der Waals surface area contributed by atoms with Crippen molar-refractivity contribution in [1.29, 1.82) is 0 Å². The predicted molar refractivity (Wildman–Crippen MR) is 92.0 cm³/mol. The van der Waals surface area contributed by atoms with Crippen molar-refractivity contribution in [2.45, 2.75) is 24.9 Å². The summed E-state index contributed by atoms with van der Waals surface area (Å²) in [6, 6.07) is 20.8. The van der Waals surface area contributed by atoms with Crippen molar-refractivity contribution in [3.8, 4) is 0 Å². The third kappa shape index (κ3) is 3.67. The molecule has 4 heteroatoms. The van der Waals surface area contributed by atoms with E-state index in [4.69, 9.17) is 9.47 Å². The van der Waals surface area contributed by atoms with Gasteiger partial charge in [-0.15, -0.1) is 0 Å². The van der Waals surface area contributed by atoms with Gasteiger partial charge >= 0.3 is 0 Å². The van der Waals surface area contributed by atoms with Gasteiger partial charge in [0.05, 0.1) is 27.7 Å². The van der Waals surface area contributed by atoms with E-state index in [0.717, 1.165) is 15.6 Å². The van der Waals surface area contributed by atoms with Gasteiger partial charge in [-0.05, 0) is 6.92 Å². The van der Waals surface area contributed by atoms with Crippen LogP contribution >= 0.6 is 0 Å². The molecular formula is C20H26INO2. The monoisotopic (exact) mass is 439 g/mol. The molecule has 2 aromatic carbocycles. The molecule has 1 saturated heterocycles. The van der Waals surface area contributed by atoms with E-state index in [1.165, 1.54) is 0 Å². The first kappa shape index (κ1) is 19.4. The van der Waals surface area contributed by atoms with Crippen LogP contribution in [0.15, 0.2) is 60.7 Å². The van der Waals surface area contributed by atoms with Gasteiger partial charge in [-0.3, -0.25) is 0 Å². The summed E-state index contributed by atoms with van der Waals surface area (Å²) < 4.78 is 13.7. The highest BCUT2D eigenvalue weighted by atomic mass is 127. The van der Waals surface area contributed by atoms with Crippen LogP contribution in [0.3, 0.4) is 0 Å². The number of rotatable bonds is 4. The molecule has 2 atom stereocenters. The van der Waals surface area contributed by atoms with E-state index < -0.39 is 5.79 Å². The number of likely N-dealkylation sites (N-methyl/N-ethyl adjacent to an activating group) is 1. The van der Waals surface area contributed by atoms with E-state index in [1.54, 1.807) is 0 Å². The Bertz CT molecular complexity index is 600. The normalized spacial score (nSPS) is 21.1. The fourth-order valence-corrected chi connectivity index (χ4v) is 3.00. The zero-order chi connectivity index (χ0) is 16.5. The molecule has 0 unspecified atom stereocenters. The smallest absolute Gasteiger partial charge is 0.223 e. The lowest BCUT2D eigenvalue weighted by Crippen LogP contribution is -3.00. The zero-order valence-electron chi connectivity index (χ0n) is 14.8. The second-order valence-electron chi connectivity index (χ2n) is 7.17. The van der Waals surface area contributed by atoms with Crippen LogP contribution in [0.4, 0.5) is 0 Å². The molecule has 3 nitrogen and oxygen atoms in total. The Morgan fingerprint density at radius 1 is 0.917 bits per heavy atom. The summed E-state index contributed by atoms with van der Waals surface area (Å²) in [6.07, 6.45) is 0.0513. The molecule has 2 aromatic rings. The van der Waals surface area contributed by atoms with Gasteiger partial charge in [-0.2, -0.15) is 0 Å². The number of hydrogen-bond donors (Lipinski definition) is 0. The molecular weight excluding hydrogens is 413 g/mol. The van der Waals surface area contributed by atoms with Crippen LogP contribution in [0.25, 0.3) is 0 Å². The molecule has 3 rings (SSSR count). The van der Waals surface area contributed by atoms with Gasteiger partial charge in [0.1, 0.15) is 12.1 Å². The van der Waals surface area contributed by atoms with Crippen molar-refractivity contribution in [3.05, 3.63) is 71.8 Å². The van der Waals surface area contributed by atoms with Crippen molar-refractivity contribution >= 4 is 0 Å². The number of hydrogen-bond acceptors (Lipinski definition) is 2. The summed E-state index contributed by atoms with van der Waals surface area (Å²) >= 11 is 0. The molecule has 0 N–H and O–H groups in total. The van der Waals surface area contributed by atoms with Crippen LogP contribution in [0, 0.1) is 0 Å². The Balaban J connectivity index is 0.00000208. The van der Waals surface area contributed by atoms with Crippen molar-refractivity contribution < 1.29 is 37.9 Å². The second kappa shape index (κ2) is 7.52. The minimum Gasteiger partial charge on any atom is -1.00 e. The molecule has 1 heterocycles. The number of quaternary nitrogens is 1. The molecule has 1 fully saturated rings.